The molecule has 0 spiro atoms. The topological polar surface area (TPSA) is 58.5 Å². The molecule has 1 N–H and O–H groups in total. The number of hydrogen-bond donors (Lipinski definition) is 1. The quantitative estimate of drug-likeness (QED) is 0.886. The lowest BCUT2D eigenvalue weighted by molar-refractivity contribution is 0.200. The normalized spacial score (nSPS) is 18.5. The number of ether oxygens (including phenoxy) is 1. The van der Waals surface area contributed by atoms with Crippen molar-refractivity contribution >= 4 is 0 Å². The van der Waals surface area contributed by atoms with Crippen molar-refractivity contribution < 1.29 is 9.84 Å². The summed E-state index contributed by atoms with van der Waals surface area (Å²) in [6, 6.07) is 10.4. The number of likely N-dealkylation sites (tertiary alicyclic amines) is 1. The van der Waals surface area contributed by atoms with Gasteiger partial charge in [-0.05, 0) is 43.1 Å². The minimum Gasteiger partial charge on any atom is -0.491 e. The molecule has 3 rings (SSSR count). The van der Waals surface area contributed by atoms with Gasteiger partial charge in [-0.3, -0.25) is 4.90 Å². The van der Waals surface area contributed by atoms with Crippen molar-refractivity contribution in [2.75, 3.05) is 19.8 Å². The Labute approximate surface area is 130 Å². The Bertz CT molecular complexity index is 591. The fraction of sp³-hybridized carbons (Fsp3) is 0.412. The van der Waals surface area contributed by atoms with Gasteiger partial charge in [-0.2, -0.15) is 0 Å². The smallest absolute Gasteiger partial charge is 0.119 e. The maximum Gasteiger partial charge on any atom is 0.119 e. The minimum absolute atomic E-state index is 0.0339. The van der Waals surface area contributed by atoms with Crippen LogP contribution in [0, 0.1) is 0 Å². The van der Waals surface area contributed by atoms with Gasteiger partial charge in [-0.15, -0.1) is 0 Å². The van der Waals surface area contributed by atoms with Gasteiger partial charge < -0.3 is 9.84 Å². The average Bonchev–Trinajstić information content (AvgIpc) is 3.02. The summed E-state index contributed by atoms with van der Waals surface area (Å²) in [7, 11) is 0. The maximum atomic E-state index is 8.84. The first-order valence-corrected chi connectivity index (χ1v) is 7.69. The second kappa shape index (κ2) is 7.33. The number of nitrogens with zero attached hydrogens (tertiary/aromatic N) is 3. The highest BCUT2D eigenvalue weighted by atomic mass is 16.5. The molecule has 2 aromatic rings. The summed E-state index contributed by atoms with van der Waals surface area (Å²) in [6.07, 6.45) is 5.75. The largest absolute Gasteiger partial charge is 0.491 e. The highest BCUT2D eigenvalue weighted by Crippen LogP contribution is 2.32. The van der Waals surface area contributed by atoms with Crippen LogP contribution >= 0.6 is 0 Å². The van der Waals surface area contributed by atoms with E-state index in [0.717, 1.165) is 31.0 Å². The van der Waals surface area contributed by atoms with E-state index in [1.807, 2.05) is 30.5 Å². The fourth-order valence-corrected chi connectivity index (χ4v) is 2.98. The third kappa shape index (κ3) is 3.61. The Kier molecular flexibility index (Phi) is 4.98. The first-order chi connectivity index (χ1) is 10.9. The summed E-state index contributed by atoms with van der Waals surface area (Å²) in [5.41, 5.74) is 2.32. The van der Waals surface area contributed by atoms with E-state index >= 15 is 0 Å². The van der Waals surface area contributed by atoms with Crippen LogP contribution < -0.4 is 4.74 Å². The Hall–Kier alpha value is -1.98. The molecule has 1 aromatic carbocycles. The monoisotopic (exact) mass is 299 g/mol. The zero-order valence-electron chi connectivity index (χ0n) is 12.6. The highest BCUT2D eigenvalue weighted by molar-refractivity contribution is 5.28. The van der Waals surface area contributed by atoms with Gasteiger partial charge in [0.1, 0.15) is 18.7 Å². The first kappa shape index (κ1) is 14.9. The Morgan fingerprint density at radius 1 is 1.32 bits per heavy atom. The van der Waals surface area contributed by atoms with Gasteiger partial charge in [0, 0.05) is 12.7 Å². The molecule has 1 atom stereocenters. The van der Waals surface area contributed by atoms with Crippen LogP contribution in [0.15, 0.2) is 42.9 Å². The number of rotatable bonds is 6. The first-order valence-electron chi connectivity index (χ1n) is 7.69. The fourth-order valence-electron chi connectivity index (χ4n) is 2.98. The molecule has 1 fully saturated rings. The number of benzene rings is 1. The second-order valence-electron chi connectivity index (χ2n) is 5.48. The summed E-state index contributed by atoms with van der Waals surface area (Å²) in [5, 5.41) is 8.84. The van der Waals surface area contributed by atoms with Gasteiger partial charge in [-0.1, -0.05) is 12.1 Å². The van der Waals surface area contributed by atoms with Crippen LogP contribution in [-0.2, 0) is 6.54 Å². The van der Waals surface area contributed by atoms with Crippen LogP contribution in [0.3, 0.4) is 0 Å². The predicted octanol–water partition coefficient (Wildman–Crippen LogP) is 2.18. The van der Waals surface area contributed by atoms with E-state index in [9.17, 15) is 0 Å². The molecule has 1 saturated heterocycles. The third-order valence-electron chi connectivity index (χ3n) is 3.95. The molecule has 5 nitrogen and oxygen atoms in total. The number of aliphatic hydroxyl groups excluding tert-OH is 1. The predicted molar refractivity (Wildman–Crippen MR) is 83.4 cm³/mol. The van der Waals surface area contributed by atoms with Crippen LogP contribution in [0.2, 0.25) is 0 Å². The molecule has 22 heavy (non-hydrogen) atoms. The molecule has 1 aliphatic rings. The lowest BCUT2D eigenvalue weighted by atomic mass is 10.1. The third-order valence-corrected chi connectivity index (χ3v) is 3.95. The summed E-state index contributed by atoms with van der Waals surface area (Å²) < 4.78 is 5.48. The van der Waals surface area contributed by atoms with Crippen molar-refractivity contribution in [3.8, 4) is 5.75 Å². The molecule has 0 unspecified atom stereocenters. The van der Waals surface area contributed by atoms with Gasteiger partial charge in [0.05, 0.1) is 18.3 Å². The number of aromatic nitrogens is 2. The Morgan fingerprint density at radius 2 is 2.27 bits per heavy atom. The van der Waals surface area contributed by atoms with Crippen LogP contribution in [0.5, 0.6) is 5.75 Å². The number of aliphatic hydroxyl groups is 1. The molecule has 1 aromatic heterocycles. The van der Waals surface area contributed by atoms with Crippen molar-refractivity contribution in [2.45, 2.75) is 25.4 Å². The molecule has 0 amide bonds. The Balaban J connectivity index is 1.69. The number of hydrogen-bond acceptors (Lipinski definition) is 5. The van der Waals surface area contributed by atoms with Crippen LogP contribution in [0.4, 0.5) is 0 Å². The lowest BCUT2D eigenvalue weighted by Crippen LogP contribution is -2.23. The van der Waals surface area contributed by atoms with Gasteiger partial charge in [0.15, 0.2) is 0 Å². The van der Waals surface area contributed by atoms with Gasteiger partial charge in [0.2, 0.25) is 0 Å². The molecular weight excluding hydrogens is 278 g/mol. The summed E-state index contributed by atoms with van der Waals surface area (Å²) in [5.74, 6) is 0.810. The van der Waals surface area contributed by atoms with Crippen molar-refractivity contribution in [3.63, 3.8) is 0 Å². The molecule has 5 heteroatoms. The van der Waals surface area contributed by atoms with Gasteiger partial charge in [0.25, 0.3) is 0 Å². The molecule has 2 heterocycles. The summed E-state index contributed by atoms with van der Waals surface area (Å²) in [6.45, 7) is 2.32. The van der Waals surface area contributed by atoms with E-state index < -0.39 is 0 Å². The molecule has 0 bridgehead atoms. The molecular formula is C17H21N3O2. The van der Waals surface area contributed by atoms with E-state index in [2.05, 4.69) is 20.9 Å². The van der Waals surface area contributed by atoms with Gasteiger partial charge >= 0.3 is 0 Å². The van der Waals surface area contributed by atoms with E-state index in [0.29, 0.717) is 12.6 Å². The van der Waals surface area contributed by atoms with Crippen LogP contribution in [0.25, 0.3) is 0 Å². The zero-order chi connectivity index (χ0) is 15.2. The Morgan fingerprint density at radius 3 is 3.09 bits per heavy atom. The average molecular weight is 299 g/mol. The van der Waals surface area contributed by atoms with Crippen molar-refractivity contribution in [3.05, 3.63) is 54.1 Å². The molecule has 1 aliphatic heterocycles. The highest BCUT2D eigenvalue weighted by Gasteiger charge is 2.26. The van der Waals surface area contributed by atoms with Gasteiger partial charge in [-0.25, -0.2) is 9.97 Å². The molecule has 0 radical (unpaired) electrons. The van der Waals surface area contributed by atoms with E-state index in [-0.39, 0.29) is 6.61 Å². The van der Waals surface area contributed by atoms with Crippen LogP contribution in [-0.4, -0.2) is 39.7 Å². The van der Waals surface area contributed by atoms with E-state index in [1.54, 1.807) is 6.33 Å². The van der Waals surface area contributed by atoms with Crippen molar-refractivity contribution in [2.24, 2.45) is 0 Å². The van der Waals surface area contributed by atoms with E-state index in [1.165, 1.54) is 12.0 Å². The van der Waals surface area contributed by atoms with E-state index in [4.69, 9.17) is 9.84 Å². The van der Waals surface area contributed by atoms with Crippen molar-refractivity contribution in [1.29, 1.82) is 0 Å². The minimum atomic E-state index is 0.0339. The van der Waals surface area contributed by atoms with Crippen molar-refractivity contribution in [1.82, 2.24) is 14.9 Å². The SMILES string of the molecule is OCCOc1cccc(CN2CCC[C@H]2c2ccncn2)c1. The summed E-state index contributed by atoms with van der Waals surface area (Å²) in [4.78, 5) is 10.9. The molecule has 0 aliphatic carbocycles. The standard InChI is InChI=1S/C17H21N3O2/c21-9-10-22-15-4-1-3-14(11-15)12-20-8-2-5-17(20)16-6-7-18-13-19-16/h1,3-4,6-7,11,13,17,21H,2,5,8-10,12H2/t17-/m0/s1. The second-order valence-corrected chi connectivity index (χ2v) is 5.48. The summed E-state index contributed by atoms with van der Waals surface area (Å²) >= 11 is 0. The maximum absolute atomic E-state index is 8.84. The lowest BCUT2D eigenvalue weighted by Gasteiger charge is -2.24. The molecule has 0 saturated carbocycles. The zero-order valence-corrected chi connectivity index (χ0v) is 12.6. The van der Waals surface area contributed by atoms with Crippen LogP contribution in [0.1, 0.15) is 30.1 Å². The molecule has 116 valence electrons.